The molecular weight excluding hydrogens is 366 g/mol. The smallest absolute Gasteiger partial charge is 0.261 e. The Labute approximate surface area is 167 Å². The molecule has 6 nitrogen and oxygen atoms in total. The second-order valence-electron chi connectivity index (χ2n) is 7.17. The molecular formula is C23H21N3O3. The van der Waals surface area contributed by atoms with Gasteiger partial charge in [-0.15, -0.1) is 0 Å². The van der Waals surface area contributed by atoms with Crippen molar-refractivity contribution in [3.8, 4) is 11.1 Å². The number of pyridine rings is 1. The minimum Gasteiger partial charge on any atom is -0.365 e. The number of aromatic amines is 1. The van der Waals surface area contributed by atoms with E-state index in [4.69, 9.17) is 5.73 Å². The second kappa shape index (κ2) is 7.75. The number of amides is 2. The van der Waals surface area contributed by atoms with Gasteiger partial charge in [-0.1, -0.05) is 42.5 Å². The van der Waals surface area contributed by atoms with Crippen LogP contribution >= 0.6 is 0 Å². The predicted molar refractivity (Wildman–Crippen MR) is 111 cm³/mol. The molecule has 29 heavy (non-hydrogen) atoms. The van der Waals surface area contributed by atoms with E-state index in [9.17, 15) is 14.4 Å². The summed E-state index contributed by atoms with van der Waals surface area (Å²) >= 11 is 0. The van der Waals surface area contributed by atoms with Crippen molar-refractivity contribution in [1.82, 2.24) is 10.3 Å². The molecule has 1 heterocycles. The molecule has 0 spiro atoms. The summed E-state index contributed by atoms with van der Waals surface area (Å²) in [7, 11) is 0. The van der Waals surface area contributed by atoms with Crippen molar-refractivity contribution in [2.24, 2.45) is 5.73 Å². The molecule has 0 aliphatic heterocycles. The summed E-state index contributed by atoms with van der Waals surface area (Å²) in [6.07, 6.45) is 2.25. The molecule has 1 atom stereocenters. The Hall–Kier alpha value is -3.67. The number of primary amides is 1. The Balaban J connectivity index is 1.56. The van der Waals surface area contributed by atoms with Gasteiger partial charge in [0.1, 0.15) is 5.56 Å². The fraction of sp³-hybridized carbons (Fsp3) is 0.174. The van der Waals surface area contributed by atoms with E-state index >= 15 is 0 Å². The summed E-state index contributed by atoms with van der Waals surface area (Å²) in [5.74, 6) is -0.976. The standard InChI is InChI=1S/C23H21N3O3/c24-21(27)18-13-17-19(7-4-8-20(17)26-23(18)29)25-22(28)16-11-9-15(10-12-16)14-5-2-1-3-6-14/h1-3,5-6,9-13,19H,4,7-8H2,(H2,24,27)(H,25,28)(H,26,29). The number of nitrogens with two attached hydrogens (primary N) is 1. The minimum atomic E-state index is -0.777. The van der Waals surface area contributed by atoms with Gasteiger partial charge in [0.15, 0.2) is 0 Å². The van der Waals surface area contributed by atoms with Crippen LogP contribution in [-0.4, -0.2) is 16.8 Å². The minimum absolute atomic E-state index is 0.0860. The fourth-order valence-electron chi connectivity index (χ4n) is 3.76. The first-order valence-corrected chi connectivity index (χ1v) is 9.55. The summed E-state index contributed by atoms with van der Waals surface area (Å²) in [6, 6.07) is 18.6. The molecule has 0 radical (unpaired) electrons. The molecule has 4 N–H and O–H groups in total. The fourth-order valence-corrected chi connectivity index (χ4v) is 3.76. The number of aryl methyl sites for hydroxylation is 1. The van der Waals surface area contributed by atoms with Crippen molar-refractivity contribution in [2.45, 2.75) is 25.3 Å². The predicted octanol–water partition coefficient (Wildman–Crippen LogP) is 2.95. The third kappa shape index (κ3) is 3.82. The number of hydrogen-bond acceptors (Lipinski definition) is 3. The number of benzene rings is 2. The van der Waals surface area contributed by atoms with Gasteiger partial charge in [-0.25, -0.2) is 0 Å². The van der Waals surface area contributed by atoms with Crippen molar-refractivity contribution in [3.05, 3.63) is 93.4 Å². The third-order valence-electron chi connectivity index (χ3n) is 5.28. The molecule has 0 saturated carbocycles. The zero-order valence-electron chi connectivity index (χ0n) is 15.8. The zero-order chi connectivity index (χ0) is 20.4. The third-order valence-corrected chi connectivity index (χ3v) is 5.28. The van der Waals surface area contributed by atoms with Crippen LogP contribution in [0.2, 0.25) is 0 Å². The summed E-state index contributed by atoms with van der Waals surface area (Å²) < 4.78 is 0. The van der Waals surface area contributed by atoms with Crippen LogP contribution < -0.4 is 16.6 Å². The van der Waals surface area contributed by atoms with Crippen LogP contribution in [0.3, 0.4) is 0 Å². The van der Waals surface area contributed by atoms with E-state index in [1.165, 1.54) is 6.07 Å². The van der Waals surface area contributed by atoms with Crippen LogP contribution in [0.5, 0.6) is 0 Å². The molecule has 2 aromatic carbocycles. The molecule has 1 aliphatic carbocycles. The highest BCUT2D eigenvalue weighted by atomic mass is 16.2. The number of carbonyl (C=O) groups excluding carboxylic acids is 2. The second-order valence-corrected chi connectivity index (χ2v) is 7.17. The zero-order valence-corrected chi connectivity index (χ0v) is 15.8. The van der Waals surface area contributed by atoms with Crippen LogP contribution in [-0.2, 0) is 6.42 Å². The van der Waals surface area contributed by atoms with Gasteiger partial charge in [0.05, 0.1) is 6.04 Å². The van der Waals surface area contributed by atoms with Gasteiger partial charge in [-0.2, -0.15) is 0 Å². The number of hydrogen-bond donors (Lipinski definition) is 3. The number of H-pyrrole nitrogens is 1. The van der Waals surface area contributed by atoms with E-state index in [2.05, 4.69) is 10.3 Å². The Morgan fingerprint density at radius 1 is 1.00 bits per heavy atom. The average Bonchev–Trinajstić information content (AvgIpc) is 2.74. The molecule has 0 saturated heterocycles. The van der Waals surface area contributed by atoms with Crippen molar-refractivity contribution in [3.63, 3.8) is 0 Å². The number of fused-ring (bicyclic) bond motifs is 1. The molecule has 6 heteroatoms. The Morgan fingerprint density at radius 3 is 2.38 bits per heavy atom. The average molecular weight is 387 g/mol. The normalized spacial score (nSPS) is 15.4. The van der Waals surface area contributed by atoms with Crippen molar-refractivity contribution >= 4 is 11.8 Å². The lowest BCUT2D eigenvalue weighted by Crippen LogP contribution is -2.34. The topological polar surface area (TPSA) is 105 Å². The Bertz CT molecular complexity index is 1120. The number of rotatable bonds is 4. The van der Waals surface area contributed by atoms with Gasteiger partial charge in [0.25, 0.3) is 17.4 Å². The quantitative estimate of drug-likeness (QED) is 0.641. The molecule has 1 unspecified atom stereocenters. The first kappa shape index (κ1) is 18.7. The maximum atomic E-state index is 12.8. The molecule has 1 aliphatic rings. The molecule has 1 aromatic heterocycles. The van der Waals surface area contributed by atoms with Crippen molar-refractivity contribution < 1.29 is 9.59 Å². The lowest BCUT2D eigenvalue weighted by atomic mass is 9.90. The highest BCUT2D eigenvalue weighted by Gasteiger charge is 2.25. The summed E-state index contributed by atoms with van der Waals surface area (Å²) in [6.45, 7) is 0. The van der Waals surface area contributed by atoms with Gasteiger partial charge < -0.3 is 16.0 Å². The van der Waals surface area contributed by atoms with Gasteiger partial charge in [-0.3, -0.25) is 14.4 Å². The Kier molecular flexibility index (Phi) is 4.99. The van der Waals surface area contributed by atoms with Crippen LogP contribution in [0.25, 0.3) is 11.1 Å². The van der Waals surface area contributed by atoms with E-state index in [0.29, 0.717) is 12.0 Å². The van der Waals surface area contributed by atoms with E-state index < -0.39 is 11.5 Å². The van der Waals surface area contributed by atoms with E-state index in [1.54, 1.807) is 12.1 Å². The molecule has 0 bridgehead atoms. The number of nitrogens with one attached hydrogen (secondary N) is 2. The number of aromatic nitrogens is 1. The highest BCUT2D eigenvalue weighted by molar-refractivity contribution is 5.95. The van der Waals surface area contributed by atoms with Crippen molar-refractivity contribution in [2.75, 3.05) is 0 Å². The van der Waals surface area contributed by atoms with Crippen LogP contribution in [0.1, 0.15) is 50.9 Å². The summed E-state index contributed by atoms with van der Waals surface area (Å²) in [4.78, 5) is 39.0. The molecule has 3 aromatic rings. The molecule has 0 fully saturated rings. The molecule has 146 valence electrons. The largest absolute Gasteiger partial charge is 0.365 e. The van der Waals surface area contributed by atoms with Crippen LogP contribution in [0.15, 0.2) is 65.5 Å². The lowest BCUT2D eigenvalue weighted by Gasteiger charge is -2.26. The SMILES string of the molecule is NC(=O)c1cc2c([nH]c1=O)CCCC2NC(=O)c1ccc(-c2ccccc2)cc1. The molecule has 4 rings (SSSR count). The monoisotopic (exact) mass is 387 g/mol. The van der Waals surface area contributed by atoms with Crippen LogP contribution in [0.4, 0.5) is 0 Å². The first-order valence-electron chi connectivity index (χ1n) is 9.55. The van der Waals surface area contributed by atoms with Gasteiger partial charge >= 0.3 is 0 Å². The number of carbonyl (C=O) groups is 2. The van der Waals surface area contributed by atoms with E-state index in [1.807, 2.05) is 42.5 Å². The lowest BCUT2D eigenvalue weighted by molar-refractivity contribution is 0.0932. The van der Waals surface area contributed by atoms with Crippen molar-refractivity contribution in [1.29, 1.82) is 0 Å². The van der Waals surface area contributed by atoms with E-state index in [0.717, 1.165) is 35.2 Å². The first-order chi connectivity index (χ1) is 14.0. The highest BCUT2D eigenvalue weighted by Crippen LogP contribution is 2.29. The maximum Gasteiger partial charge on any atom is 0.261 e. The van der Waals surface area contributed by atoms with E-state index in [-0.39, 0.29) is 17.5 Å². The summed E-state index contributed by atoms with van der Waals surface area (Å²) in [5.41, 5.74) is 8.90. The van der Waals surface area contributed by atoms with Crippen LogP contribution in [0, 0.1) is 0 Å². The maximum absolute atomic E-state index is 12.8. The van der Waals surface area contributed by atoms with Gasteiger partial charge in [-0.05, 0) is 54.2 Å². The molecule has 2 amide bonds. The van der Waals surface area contributed by atoms with Gasteiger partial charge in [0, 0.05) is 11.3 Å². The Morgan fingerprint density at radius 2 is 1.69 bits per heavy atom. The summed E-state index contributed by atoms with van der Waals surface area (Å²) in [5, 5.41) is 3.02. The van der Waals surface area contributed by atoms with Gasteiger partial charge in [0.2, 0.25) is 0 Å².